The van der Waals surface area contributed by atoms with Crippen LogP contribution in [0.1, 0.15) is 20.8 Å². The molecule has 0 atom stereocenters. The van der Waals surface area contributed by atoms with E-state index in [1.54, 1.807) is 19.3 Å². The van der Waals surface area contributed by atoms with Crippen LogP contribution in [0.3, 0.4) is 0 Å². The molecular formula is C17H19N3O4. The molecule has 0 radical (unpaired) electrons. The van der Waals surface area contributed by atoms with E-state index < -0.39 is 5.97 Å². The number of aromatic nitrogens is 1. The van der Waals surface area contributed by atoms with E-state index >= 15 is 0 Å². The van der Waals surface area contributed by atoms with Gasteiger partial charge in [-0.1, -0.05) is 12.1 Å². The third-order valence-corrected chi connectivity index (χ3v) is 3.98. The molecule has 1 saturated heterocycles. The van der Waals surface area contributed by atoms with Gasteiger partial charge < -0.3 is 24.6 Å². The second kappa shape index (κ2) is 6.76. The zero-order chi connectivity index (χ0) is 17.1. The van der Waals surface area contributed by atoms with Gasteiger partial charge in [-0.25, -0.2) is 4.79 Å². The van der Waals surface area contributed by atoms with Gasteiger partial charge in [0.05, 0.1) is 24.5 Å². The number of hydrogen-bond donors (Lipinski definition) is 2. The van der Waals surface area contributed by atoms with Crippen molar-refractivity contribution >= 4 is 23.3 Å². The first-order valence-electron chi connectivity index (χ1n) is 7.69. The highest BCUT2D eigenvalue weighted by Gasteiger charge is 2.19. The molecule has 7 heteroatoms. The van der Waals surface area contributed by atoms with E-state index in [0.717, 1.165) is 18.8 Å². The average molecular weight is 329 g/mol. The Hall–Kier alpha value is -2.80. The Morgan fingerprint density at radius 3 is 2.58 bits per heavy atom. The lowest BCUT2D eigenvalue weighted by molar-refractivity contribution is 0.0686. The van der Waals surface area contributed by atoms with Crippen LogP contribution in [0.4, 0.5) is 11.4 Å². The lowest BCUT2D eigenvalue weighted by atomic mass is 10.1. The number of carbonyl (C=O) groups is 2. The summed E-state index contributed by atoms with van der Waals surface area (Å²) in [6.07, 6.45) is 1.58. The molecular weight excluding hydrogens is 310 g/mol. The van der Waals surface area contributed by atoms with Crippen LogP contribution in [0.15, 0.2) is 36.5 Å². The van der Waals surface area contributed by atoms with Crippen molar-refractivity contribution in [2.24, 2.45) is 7.05 Å². The number of nitrogens with one attached hydrogen (secondary N) is 1. The number of ether oxygens (including phenoxy) is 1. The SMILES string of the molecule is Cn1cc(NC(=O)c2ccccc2N2CCOCC2)cc1C(=O)O. The van der Waals surface area contributed by atoms with Crippen molar-refractivity contribution in [2.45, 2.75) is 0 Å². The van der Waals surface area contributed by atoms with Crippen molar-refractivity contribution in [2.75, 3.05) is 36.5 Å². The Bertz CT molecular complexity index is 763. The smallest absolute Gasteiger partial charge is 0.352 e. The Labute approximate surface area is 139 Å². The maximum atomic E-state index is 12.6. The van der Waals surface area contributed by atoms with Crippen molar-refractivity contribution in [3.63, 3.8) is 0 Å². The predicted octanol–water partition coefficient (Wildman–Crippen LogP) is 1.81. The first kappa shape index (κ1) is 16.1. The molecule has 0 saturated carbocycles. The fourth-order valence-corrected chi connectivity index (χ4v) is 2.79. The predicted molar refractivity (Wildman–Crippen MR) is 89.8 cm³/mol. The Kier molecular flexibility index (Phi) is 4.52. The van der Waals surface area contributed by atoms with Crippen LogP contribution in [0.25, 0.3) is 0 Å². The minimum Gasteiger partial charge on any atom is -0.477 e. The largest absolute Gasteiger partial charge is 0.477 e. The number of para-hydroxylation sites is 1. The van der Waals surface area contributed by atoms with Gasteiger partial charge in [0.15, 0.2) is 0 Å². The molecule has 0 aliphatic carbocycles. The molecule has 0 spiro atoms. The van der Waals surface area contributed by atoms with Gasteiger partial charge in [0.2, 0.25) is 0 Å². The summed E-state index contributed by atoms with van der Waals surface area (Å²) in [5.74, 6) is -1.30. The lowest BCUT2D eigenvalue weighted by Crippen LogP contribution is -2.37. The highest BCUT2D eigenvalue weighted by atomic mass is 16.5. The van der Waals surface area contributed by atoms with E-state index in [-0.39, 0.29) is 11.6 Å². The van der Waals surface area contributed by atoms with E-state index in [9.17, 15) is 9.59 Å². The normalized spacial score (nSPS) is 14.5. The Morgan fingerprint density at radius 1 is 1.21 bits per heavy atom. The van der Waals surface area contributed by atoms with E-state index in [4.69, 9.17) is 9.84 Å². The summed E-state index contributed by atoms with van der Waals surface area (Å²) in [5.41, 5.74) is 1.98. The maximum Gasteiger partial charge on any atom is 0.352 e. The average Bonchev–Trinajstić information content (AvgIpc) is 2.96. The quantitative estimate of drug-likeness (QED) is 0.894. The van der Waals surface area contributed by atoms with Crippen LogP contribution in [0.2, 0.25) is 0 Å². The van der Waals surface area contributed by atoms with E-state index in [2.05, 4.69) is 10.2 Å². The topological polar surface area (TPSA) is 83.8 Å². The second-order valence-corrected chi connectivity index (χ2v) is 5.60. The van der Waals surface area contributed by atoms with Gasteiger partial charge in [0.1, 0.15) is 5.69 Å². The van der Waals surface area contributed by atoms with Crippen LogP contribution in [0, 0.1) is 0 Å². The van der Waals surface area contributed by atoms with Crippen LogP contribution < -0.4 is 10.2 Å². The molecule has 1 fully saturated rings. The number of morpholine rings is 1. The van der Waals surface area contributed by atoms with Crippen molar-refractivity contribution in [3.8, 4) is 0 Å². The summed E-state index contributed by atoms with van der Waals surface area (Å²) in [7, 11) is 1.63. The molecule has 1 aliphatic heterocycles. The molecule has 3 rings (SSSR count). The number of benzene rings is 1. The number of amides is 1. The summed E-state index contributed by atoms with van der Waals surface area (Å²) in [6.45, 7) is 2.74. The van der Waals surface area contributed by atoms with Gasteiger partial charge >= 0.3 is 5.97 Å². The van der Waals surface area contributed by atoms with Crippen molar-refractivity contribution < 1.29 is 19.4 Å². The lowest BCUT2D eigenvalue weighted by Gasteiger charge is -2.30. The maximum absolute atomic E-state index is 12.6. The zero-order valence-electron chi connectivity index (χ0n) is 13.4. The van der Waals surface area contributed by atoms with E-state index in [0.29, 0.717) is 24.5 Å². The van der Waals surface area contributed by atoms with Gasteiger partial charge in [0.25, 0.3) is 5.91 Å². The second-order valence-electron chi connectivity index (χ2n) is 5.60. The summed E-state index contributed by atoms with van der Waals surface area (Å²) in [6, 6.07) is 8.83. The molecule has 24 heavy (non-hydrogen) atoms. The van der Waals surface area contributed by atoms with Gasteiger partial charge in [-0.05, 0) is 18.2 Å². The van der Waals surface area contributed by atoms with Gasteiger partial charge in [-0.2, -0.15) is 0 Å². The molecule has 2 heterocycles. The molecule has 1 aromatic carbocycles. The molecule has 126 valence electrons. The highest BCUT2D eigenvalue weighted by molar-refractivity contribution is 6.08. The zero-order valence-corrected chi connectivity index (χ0v) is 13.4. The fourth-order valence-electron chi connectivity index (χ4n) is 2.79. The van der Waals surface area contributed by atoms with Crippen LogP contribution in [0.5, 0.6) is 0 Å². The number of aryl methyl sites for hydroxylation is 1. The number of nitrogens with zero attached hydrogens (tertiary/aromatic N) is 2. The number of carbonyl (C=O) groups excluding carboxylic acids is 1. The number of aromatic carboxylic acids is 1. The number of carboxylic acid groups (broad SMARTS) is 1. The third-order valence-electron chi connectivity index (χ3n) is 3.98. The number of rotatable bonds is 4. The van der Waals surface area contributed by atoms with Crippen molar-refractivity contribution in [1.82, 2.24) is 4.57 Å². The third kappa shape index (κ3) is 3.26. The minimum absolute atomic E-state index is 0.117. The Balaban J connectivity index is 1.82. The molecule has 1 aliphatic rings. The van der Waals surface area contributed by atoms with E-state index in [1.807, 2.05) is 18.2 Å². The van der Waals surface area contributed by atoms with Crippen molar-refractivity contribution in [1.29, 1.82) is 0 Å². The van der Waals surface area contributed by atoms with Crippen LogP contribution >= 0.6 is 0 Å². The van der Waals surface area contributed by atoms with Gasteiger partial charge in [-0.3, -0.25) is 4.79 Å². The van der Waals surface area contributed by atoms with Gasteiger partial charge in [-0.15, -0.1) is 0 Å². The number of carboxylic acids is 1. The van der Waals surface area contributed by atoms with Crippen molar-refractivity contribution in [3.05, 3.63) is 47.8 Å². The standard InChI is InChI=1S/C17H19N3O4/c1-19-11-12(10-15(19)17(22)23)18-16(21)13-4-2-3-5-14(13)20-6-8-24-9-7-20/h2-5,10-11H,6-9H2,1H3,(H,18,21)(H,22,23). The first-order valence-corrected chi connectivity index (χ1v) is 7.69. The summed E-state index contributed by atoms with van der Waals surface area (Å²) < 4.78 is 6.82. The monoisotopic (exact) mass is 329 g/mol. The highest BCUT2D eigenvalue weighted by Crippen LogP contribution is 2.23. The first-order chi connectivity index (χ1) is 11.6. The molecule has 2 aromatic rings. The molecule has 2 N–H and O–H groups in total. The fraction of sp³-hybridized carbons (Fsp3) is 0.294. The van der Waals surface area contributed by atoms with E-state index in [1.165, 1.54) is 10.6 Å². The summed E-state index contributed by atoms with van der Waals surface area (Å²) >= 11 is 0. The molecule has 1 aromatic heterocycles. The Morgan fingerprint density at radius 2 is 1.92 bits per heavy atom. The van der Waals surface area contributed by atoms with Crippen LogP contribution in [-0.2, 0) is 11.8 Å². The molecule has 0 unspecified atom stereocenters. The molecule has 1 amide bonds. The number of anilines is 2. The molecule has 0 bridgehead atoms. The summed E-state index contributed by atoms with van der Waals surface area (Å²) in [4.78, 5) is 25.9. The number of hydrogen-bond acceptors (Lipinski definition) is 4. The minimum atomic E-state index is -1.04. The summed E-state index contributed by atoms with van der Waals surface area (Å²) in [5, 5.41) is 11.9. The molecule has 7 nitrogen and oxygen atoms in total. The van der Waals surface area contributed by atoms with Crippen LogP contribution in [-0.4, -0.2) is 47.9 Å². The van der Waals surface area contributed by atoms with Gasteiger partial charge in [0, 0.05) is 32.0 Å².